The Hall–Kier alpha value is -0.390. The van der Waals surface area contributed by atoms with Crippen LogP contribution in [0.4, 0.5) is 0 Å². The van der Waals surface area contributed by atoms with E-state index in [9.17, 15) is 0 Å². The summed E-state index contributed by atoms with van der Waals surface area (Å²) in [6.45, 7) is 4.36. The molecule has 1 rings (SSSR count). The average molecular weight is 232 g/mol. The van der Waals surface area contributed by atoms with Crippen LogP contribution in [0.2, 0.25) is 0 Å². The molecular formula is C10H20N2O2S. The SMILES string of the molecule is COC[C@@H](C)NC(=S)NC[C@H]1CCCO1. The number of thiocarbonyl (C=S) groups is 1. The van der Waals surface area contributed by atoms with Gasteiger partial charge in [-0.1, -0.05) is 0 Å². The van der Waals surface area contributed by atoms with Gasteiger partial charge in [0, 0.05) is 26.3 Å². The van der Waals surface area contributed by atoms with Gasteiger partial charge in [0.15, 0.2) is 5.11 Å². The minimum atomic E-state index is 0.236. The van der Waals surface area contributed by atoms with E-state index in [1.807, 2.05) is 6.92 Å². The molecule has 0 aromatic heterocycles. The van der Waals surface area contributed by atoms with Crippen LogP contribution in [0.3, 0.4) is 0 Å². The van der Waals surface area contributed by atoms with Gasteiger partial charge < -0.3 is 20.1 Å². The molecule has 5 heteroatoms. The maximum absolute atomic E-state index is 5.48. The molecule has 4 nitrogen and oxygen atoms in total. The Morgan fingerprint density at radius 1 is 1.67 bits per heavy atom. The lowest BCUT2D eigenvalue weighted by Crippen LogP contribution is -2.44. The number of ether oxygens (including phenoxy) is 2. The van der Waals surface area contributed by atoms with Crippen molar-refractivity contribution in [3.8, 4) is 0 Å². The first-order valence-electron chi connectivity index (χ1n) is 5.37. The van der Waals surface area contributed by atoms with Gasteiger partial charge in [0.2, 0.25) is 0 Å². The number of hydrogen-bond acceptors (Lipinski definition) is 3. The molecule has 0 aromatic rings. The Bertz CT molecular complexity index is 196. The summed E-state index contributed by atoms with van der Waals surface area (Å²) in [6, 6.07) is 0.236. The van der Waals surface area contributed by atoms with Crippen LogP contribution in [0, 0.1) is 0 Å². The largest absolute Gasteiger partial charge is 0.383 e. The molecule has 0 radical (unpaired) electrons. The molecule has 0 unspecified atom stereocenters. The standard InChI is InChI=1S/C10H20N2O2S/c1-8(7-13-2)12-10(15)11-6-9-4-3-5-14-9/h8-9H,3-7H2,1-2H3,(H2,11,12,15)/t8-,9-/m1/s1. The van der Waals surface area contributed by atoms with E-state index in [4.69, 9.17) is 21.7 Å². The van der Waals surface area contributed by atoms with Gasteiger partial charge in [0.05, 0.1) is 12.7 Å². The van der Waals surface area contributed by atoms with E-state index in [2.05, 4.69) is 10.6 Å². The minimum Gasteiger partial charge on any atom is -0.383 e. The third kappa shape index (κ3) is 5.30. The molecule has 1 aliphatic rings. The number of rotatable bonds is 5. The van der Waals surface area contributed by atoms with E-state index < -0.39 is 0 Å². The highest BCUT2D eigenvalue weighted by Gasteiger charge is 2.15. The highest BCUT2D eigenvalue weighted by molar-refractivity contribution is 7.80. The van der Waals surface area contributed by atoms with Gasteiger partial charge in [-0.2, -0.15) is 0 Å². The van der Waals surface area contributed by atoms with Crippen LogP contribution in [0.1, 0.15) is 19.8 Å². The quantitative estimate of drug-likeness (QED) is 0.682. The summed E-state index contributed by atoms with van der Waals surface area (Å²) in [5.41, 5.74) is 0. The van der Waals surface area contributed by atoms with Gasteiger partial charge in [-0.15, -0.1) is 0 Å². The summed E-state index contributed by atoms with van der Waals surface area (Å²) in [6.07, 6.45) is 2.61. The smallest absolute Gasteiger partial charge is 0.166 e. The third-order valence-corrected chi connectivity index (χ3v) is 2.57. The lowest BCUT2D eigenvalue weighted by molar-refractivity contribution is 0.114. The first kappa shape index (κ1) is 12.7. The second kappa shape index (κ2) is 6.98. The Morgan fingerprint density at radius 2 is 2.47 bits per heavy atom. The molecule has 88 valence electrons. The summed E-state index contributed by atoms with van der Waals surface area (Å²) in [4.78, 5) is 0. The van der Waals surface area contributed by atoms with E-state index >= 15 is 0 Å². The van der Waals surface area contributed by atoms with E-state index in [-0.39, 0.29) is 6.04 Å². The van der Waals surface area contributed by atoms with Gasteiger partial charge in [-0.05, 0) is 32.0 Å². The summed E-state index contributed by atoms with van der Waals surface area (Å²) < 4.78 is 10.5. The van der Waals surface area contributed by atoms with E-state index in [0.717, 1.165) is 26.0 Å². The highest BCUT2D eigenvalue weighted by atomic mass is 32.1. The van der Waals surface area contributed by atoms with Crippen LogP contribution in [0.15, 0.2) is 0 Å². The summed E-state index contributed by atoms with van der Waals surface area (Å²) in [7, 11) is 1.68. The first-order valence-corrected chi connectivity index (χ1v) is 5.78. The molecular weight excluding hydrogens is 212 g/mol. The van der Waals surface area contributed by atoms with Crippen molar-refractivity contribution >= 4 is 17.3 Å². The van der Waals surface area contributed by atoms with Gasteiger partial charge in [-0.3, -0.25) is 0 Å². The molecule has 0 saturated carbocycles. The van der Waals surface area contributed by atoms with Crippen LogP contribution in [-0.2, 0) is 9.47 Å². The predicted molar refractivity (Wildman–Crippen MR) is 64.0 cm³/mol. The van der Waals surface area contributed by atoms with Gasteiger partial charge >= 0.3 is 0 Å². The van der Waals surface area contributed by atoms with E-state index in [1.54, 1.807) is 7.11 Å². The van der Waals surface area contributed by atoms with Gasteiger partial charge in [0.25, 0.3) is 0 Å². The van der Waals surface area contributed by atoms with Gasteiger partial charge in [0.1, 0.15) is 0 Å². The molecule has 1 fully saturated rings. The molecule has 0 aliphatic carbocycles. The second-order valence-corrected chi connectivity index (χ2v) is 4.25. The van der Waals surface area contributed by atoms with Crippen molar-refractivity contribution in [1.82, 2.24) is 10.6 Å². The van der Waals surface area contributed by atoms with Crippen LogP contribution in [0.25, 0.3) is 0 Å². The molecule has 1 aliphatic heterocycles. The summed E-state index contributed by atoms with van der Waals surface area (Å²) in [5.74, 6) is 0. The molecule has 0 amide bonds. The van der Waals surface area contributed by atoms with Crippen LogP contribution in [-0.4, -0.2) is 44.1 Å². The molecule has 2 N–H and O–H groups in total. The highest BCUT2D eigenvalue weighted by Crippen LogP contribution is 2.10. The topological polar surface area (TPSA) is 42.5 Å². The van der Waals surface area contributed by atoms with Crippen LogP contribution in [0.5, 0.6) is 0 Å². The average Bonchev–Trinajstić information content (AvgIpc) is 2.67. The monoisotopic (exact) mass is 232 g/mol. The van der Waals surface area contributed by atoms with Crippen molar-refractivity contribution in [1.29, 1.82) is 0 Å². The van der Waals surface area contributed by atoms with Gasteiger partial charge in [-0.25, -0.2) is 0 Å². The zero-order valence-electron chi connectivity index (χ0n) is 9.41. The molecule has 1 heterocycles. The summed E-state index contributed by atoms with van der Waals surface area (Å²) >= 11 is 5.15. The fourth-order valence-electron chi connectivity index (χ4n) is 1.58. The lowest BCUT2D eigenvalue weighted by Gasteiger charge is -2.17. The predicted octanol–water partition coefficient (Wildman–Crippen LogP) is 0.664. The lowest BCUT2D eigenvalue weighted by atomic mass is 10.2. The van der Waals surface area contributed by atoms with E-state index in [0.29, 0.717) is 17.8 Å². The molecule has 15 heavy (non-hydrogen) atoms. The van der Waals surface area contributed by atoms with Crippen molar-refractivity contribution in [2.24, 2.45) is 0 Å². The molecule has 2 atom stereocenters. The Kier molecular flexibility index (Phi) is 5.90. The maximum Gasteiger partial charge on any atom is 0.166 e. The fraction of sp³-hybridized carbons (Fsp3) is 0.900. The Balaban J connectivity index is 2.07. The van der Waals surface area contributed by atoms with Crippen molar-refractivity contribution in [3.63, 3.8) is 0 Å². The minimum absolute atomic E-state index is 0.236. The van der Waals surface area contributed by atoms with Crippen molar-refractivity contribution < 1.29 is 9.47 Å². The maximum atomic E-state index is 5.48. The molecule has 0 bridgehead atoms. The zero-order chi connectivity index (χ0) is 11.1. The first-order chi connectivity index (χ1) is 7.22. The Morgan fingerprint density at radius 3 is 3.07 bits per heavy atom. The van der Waals surface area contributed by atoms with Crippen molar-refractivity contribution in [3.05, 3.63) is 0 Å². The number of hydrogen-bond donors (Lipinski definition) is 2. The number of nitrogens with one attached hydrogen (secondary N) is 2. The Labute approximate surface area is 96.7 Å². The second-order valence-electron chi connectivity index (χ2n) is 3.85. The van der Waals surface area contributed by atoms with Crippen molar-refractivity contribution in [2.75, 3.05) is 26.9 Å². The van der Waals surface area contributed by atoms with E-state index in [1.165, 1.54) is 0 Å². The number of methoxy groups -OCH3 is 1. The normalized spacial score (nSPS) is 22.4. The van der Waals surface area contributed by atoms with Crippen molar-refractivity contribution in [2.45, 2.75) is 31.9 Å². The molecule has 0 spiro atoms. The zero-order valence-corrected chi connectivity index (χ0v) is 10.2. The summed E-state index contributed by atoms with van der Waals surface area (Å²) in [5, 5.41) is 6.97. The van der Waals surface area contributed by atoms with Crippen LogP contribution >= 0.6 is 12.2 Å². The fourth-order valence-corrected chi connectivity index (χ4v) is 1.86. The molecule has 0 aromatic carbocycles. The third-order valence-electron chi connectivity index (χ3n) is 2.31. The van der Waals surface area contributed by atoms with Crippen LogP contribution < -0.4 is 10.6 Å². The molecule has 1 saturated heterocycles.